The Kier molecular flexibility index (Phi) is 4.45. The van der Waals surface area contributed by atoms with E-state index in [1.165, 1.54) is 5.01 Å². The van der Waals surface area contributed by atoms with Gasteiger partial charge in [0.2, 0.25) is 0 Å². The lowest BCUT2D eigenvalue weighted by Crippen LogP contribution is -2.18. The topological polar surface area (TPSA) is 45.2 Å². The van der Waals surface area contributed by atoms with Crippen LogP contribution in [-0.2, 0) is 12.0 Å². The second-order valence-electron chi connectivity index (χ2n) is 6.09. The summed E-state index contributed by atoms with van der Waals surface area (Å²) in [5.41, 5.74) is 2.27. The van der Waals surface area contributed by atoms with Crippen LogP contribution >= 0.6 is 11.3 Å². The van der Waals surface area contributed by atoms with Crippen LogP contribution in [-0.4, -0.2) is 10.1 Å². The predicted molar refractivity (Wildman–Crippen MR) is 84.2 cm³/mol. The fraction of sp³-hybridized carbons (Fsp3) is 0.438. The summed E-state index contributed by atoms with van der Waals surface area (Å²) in [7, 11) is 0. The Morgan fingerprint density at radius 2 is 2.10 bits per heavy atom. The van der Waals surface area contributed by atoms with Gasteiger partial charge in [-0.25, -0.2) is 4.98 Å². The van der Waals surface area contributed by atoms with E-state index in [1.54, 1.807) is 23.5 Å². The number of phenols is 1. The normalized spacial score (nSPS) is 13.4. The average Bonchev–Trinajstić information content (AvgIpc) is 2.84. The summed E-state index contributed by atoms with van der Waals surface area (Å²) in [6.07, 6.45) is 0. The monoisotopic (exact) mass is 290 g/mol. The lowest BCUT2D eigenvalue weighted by atomic mass is 9.98. The quantitative estimate of drug-likeness (QED) is 0.894. The van der Waals surface area contributed by atoms with Gasteiger partial charge >= 0.3 is 0 Å². The van der Waals surface area contributed by atoms with Crippen molar-refractivity contribution in [3.63, 3.8) is 0 Å². The van der Waals surface area contributed by atoms with Gasteiger partial charge in [0, 0.05) is 23.4 Å². The summed E-state index contributed by atoms with van der Waals surface area (Å²) in [6.45, 7) is 9.37. The Bertz CT molecular complexity index is 572. The molecule has 1 heterocycles. The molecule has 0 aliphatic heterocycles. The Balaban J connectivity index is 1.97. The second kappa shape index (κ2) is 5.94. The highest BCUT2D eigenvalue weighted by Gasteiger charge is 2.18. The zero-order valence-electron chi connectivity index (χ0n) is 12.5. The molecule has 4 heteroatoms. The van der Waals surface area contributed by atoms with Crippen molar-refractivity contribution in [2.24, 2.45) is 0 Å². The fourth-order valence-corrected chi connectivity index (χ4v) is 2.81. The lowest BCUT2D eigenvalue weighted by molar-refractivity contribution is 0.472. The number of rotatable bonds is 4. The molecule has 3 nitrogen and oxygen atoms in total. The molecule has 0 saturated carbocycles. The molecular weight excluding hydrogens is 268 g/mol. The highest BCUT2D eigenvalue weighted by molar-refractivity contribution is 7.09. The summed E-state index contributed by atoms with van der Waals surface area (Å²) < 4.78 is 0. The second-order valence-corrected chi connectivity index (χ2v) is 6.95. The van der Waals surface area contributed by atoms with Crippen molar-refractivity contribution in [1.29, 1.82) is 0 Å². The summed E-state index contributed by atoms with van der Waals surface area (Å²) in [5, 5.41) is 16.2. The van der Waals surface area contributed by atoms with Gasteiger partial charge in [-0.3, -0.25) is 0 Å². The predicted octanol–water partition coefficient (Wildman–Crippen LogP) is 4.00. The van der Waals surface area contributed by atoms with E-state index in [0.717, 1.165) is 17.8 Å². The number of phenolic OH excluding ortho intramolecular Hbond substituents is 1. The first-order valence-electron chi connectivity index (χ1n) is 6.83. The first-order valence-corrected chi connectivity index (χ1v) is 7.71. The molecule has 2 rings (SSSR count). The van der Waals surface area contributed by atoms with Crippen LogP contribution in [0.5, 0.6) is 5.75 Å². The molecular formula is C16H22N2OS. The number of nitrogens with one attached hydrogen (secondary N) is 1. The van der Waals surface area contributed by atoms with Crippen molar-refractivity contribution in [3.8, 4) is 5.75 Å². The standard InChI is InChI=1S/C16H22N2OS/c1-11(12-6-5-7-14(19)8-12)17-9-13-10-20-15(18-13)16(2,3)4/h5-8,10-11,17,19H,9H2,1-4H3. The molecule has 1 atom stereocenters. The lowest BCUT2D eigenvalue weighted by Gasteiger charge is -2.15. The van der Waals surface area contributed by atoms with Gasteiger partial charge in [-0.2, -0.15) is 0 Å². The molecule has 0 amide bonds. The van der Waals surface area contributed by atoms with Gasteiger partial charge in [0.15, 0.2) is 0 Å². The zero-order valence-corrected chi connectivity index (χ0v) is 13.3. The van der Waals surface area contributed by atoms with E-state index in [-0.39, 0.29) is 11.5 Å². The number of thiazole rings is 1. The molecule has 0 fully saturated rings. The fourth-order valence-electron chi connectivity index (χ4n) is 1.90. The van der Waals surface area contributed by atoms with E-state index in [4.69, 9.17) is 0 Å². The Labute approximate surface area is 124 Å². The molecule has 2 N–H and O–H groups in total. The zero-order chi connectivity index (χ0) is 14.8. The number of aromatic hydroxyl groups is 1. The highest BCUT2D eigenvalue weighted by Crippen LogP contribution is 2.26. The van der Waals surface area contributed by atoms with Gasteiger partial charge in [-0.1, -0.05) is 32.9 Å². The van der Waals surface area contributed by atoms with Gasteiger partial charge in [0.1, 0.15) is 5.75 Å². The highest BCUT2D eigenvalue weighted by atomic mass is 32.1. The smallest absolute Gasteiger partial charge is 0.115 e. The number of benzene rings is 1. The molecule has 0 aliphatic carbocycles. The third-order valence-electron chi connectivity index (χ3n) is 3.15. The van der Waals surface area contributed by atoms with E-state index < -0.39 is 0 Å². The maximum absolute atomic E-state index is 9.50. The summed E-state index contributed by atoms with van der Waals surface area (Å²) in [5.74, 6) is 0.305. The third kappa shape index (κ3) is 3.81. The molecule has 0 saturated heterocycles. The largest absolute Gasteiger partial charge is 0.508 e. The minimum atomic E-state index is 0.111. The minimum absolute atomic E-state index is 0.111. The van der Waals surface area contributed by atoms with Crippen molar-refractivity contribution in [2.75, 3.05) is 0 Å². The van der Waals surface area contributed by atoms with Crippen LogP contribution in [0.3, 0.4) is 0 Å². The van der Waals surface area contributed by atoms with Crippen LogP contribution in [0, 0.1) is 0 Å². The van der Waals surface area contributed by atoms with E-state index >= 15 is 0 Å². The minimum Gasteiger partial charge on any atom is -0.508 e. The Hall–Kier alpha value is -1.39. The van der Waals surface area contributed by atoms with E-state index in [9.17, 15) is 5.11 Å². The van der Waals surface area contributed by atoms with E-state index in [1.807, 2.05) is 12.1 Å². The first kappa shape index (κ1) is 15.0. The molecule has 108 valence electrons. The number of hydrogen-bond acceptors (Lipinski definition) is 4. The molecule has 0 aliphatic rings. The van der Waals surface area contributed by atoms with E-state index in [0.29, 0.717) is 5.75 Å². The first-order chi connectivity index (χ1) is 9.36. The molecule has 0 bridgehead atoms. The van der Waals surface area contributed by atoms with E-state index in [2.05, 4.69) is 43.4 Å². The maximum Gasteiger partial charge on any atom is 0.115 e. The van der Waals surface area contributed by atoms with Gasteiger partial charge in [-0.15, -0.1) is 11.3 Å². The van der Waals surface area contributed by atoms with Crippen LogP contribution < -0.4 is 5.32 Å². The van der Waals surface area contributed by atoms with Crippen molar-refractivity contribution < 1.29 is 5.11 Å². The van der Waals surface area contributed by atoms with Crippen LogP contribution in [0.1, 0.15) is 50.0 Å². The van der Waals surface area contributed by atoms with Crippen molar-refractivity contribution in [1.82, 2.24) is 10.3 Å². The number of hydrogen-bond donors (Lipinski definition) is 2. The molecule has 1 unspecified atom stereocenters. The number of aromatic nitrogens is 1. The van der Waals surface area contributed by atoms with Crippen molar-refractivity contribution >= 4 is 11.3 Å². The maximum atomic E-state index is 9.50. The Morgan fingerprint density at radius 1 is 1.35 bits per heavy atom. The van der Waals surface area contributed by atoms with Crippen LogP contribution in [0.2, 0.25) is 0 Å². The molecule has 2 aromatic rings. The molecule has 0 radical (unpaired) electrons. The van der Waals surface area contributed by atoms with Crippen LogP contribution in [0.4, 0.5) is 0 Å². The van der Waals surface area contributed by atoms with Gasteiger partial charge < -0.3 is 10.4 Å². The Morgan fingerprint density at radius 3 is 2.70 bits per heavy atom. The summed E-state index contributed by atoms with van der Waals surface area (Å²) in [4.78, 5) is 4.67. The number of nitrogens with zero attached hydrogens (tertiary/aromatic N) is 1. The van der Waals surface area contributed by atoms with Crippen molar-refractivity contribution in [2.45, 2.75) is 45.7 Å². The average molecular weight is 290 g/mol. The summed E-state index contributed by atoms with van der Waals surface area (Å²) in [6, 6.07) is 7.54. The molecule has 1 aromatic heterocycles. The van der Waals surface area contributed by atoms with Gasteiger partial charge in [0.25, 0.3) is 0 Å². The molecule has 1 aromatic carbocycles. The SMILES string of the molecule is CC(NCc1csc(C(C)(C)C)n1)c1cccc(O)c1. The van der Waals surface area contributed by atoms with Gasteiger partial charge in [0.05, 0.1) is 10.7 Å². The molecule has 20 heavy (non-hydrogen) atoms. The molecule has 0 spiro atoms. The van der Waals surface area contributed by atoms with Gasteiger partial charge in [-0.05, 0) is 24.6 Å². The van der Waals surface area contributed by atoms with Crippen molar-refractivity contribution in [3.05, 3.63) is 45.9 Å². The van der Waals surface area contributed by atoms with Crippen LogP contribution in [0.25, 0.3) is 0 Å². The third-order valence-corrected chi connectivity index (χ3v) is 4.47. The van der Waals surface area contributed by atoms with Crippen LogP contribution in [0.15, 0.2) is 29.6 Å². The summed E-state index contributed by atoms with van der Waals surface area (Å²) >= 11 is 1.72.